The Kier molecular flexibility index (Phi) is 3.28. The van der Waals surface area contributed by atoms with Crippen molar-refractivity contribution in [3.8, 4) is 5.75 Å². The molecule has 0 amide bonds. The Morgan fingerprint density at radius 3 is 2.50 bits per heavy atom. The number of hydrogen-bond donors (Lipinski definition) is 0. The predicted octanol–water partition coefficient (Wildman–Crippen LogP) is 2.77. The van der Waals surface area contributed by atoms with Crippen molar-refractivity contribution < 1.29 is 9.53 Å². The third kappa shape index (κ3) is 1.95. The lowest BCUT2D eigenvalue weighted by Gasteiger charge is -2.10. The van der Waals surface area contributed by atoms with Crippen LogP contribution in [-0.2, 0) is 6.42 Å². The zero-order chi connectivity index (χ0) is 10.7. The average molecular weight is 192 g/mol. The molecule has 0 spiro atoms. The summed E-state index contributed by atoms with van der Waals surface area (Å²) in [6.45, 7) is 5.60. The van der Waals surface area contributed by atoms with Crippen LogP contribution in [0.2, 0.25) is 0 Å². The Bertz CT molecular complexity index is 354. The quantitative estimate of drug-likeness (QED) is 0.688. The third-order valence-corrected chi connectivity index (χ3v) is 2.39. The van der Waals surface area contributed by atoms with E-state index in [1.807, 2.05) is 19.1 Å². The Hall–Kier alpha value is -1.31. The topological polar surface area (TPSA) is 26.3 Å². The maximum atomic E-state index is 11.3. The molecule has 1 rings (SSSR count). The second-order valence-electron chi connectivity index (χ2n) is 3.39. The second-order valence-corrected chi connectivity index (χ2v) is 3.39. The van der Waals surface area contributed by atoms with Gasteiger partial charge in [0.1, 0.15) is 5.75 Å². The fourth-order valence-electron chi connectivity index (χ4n) is 1.59. The van der Waals surface area contributed by atoms with Gasteiger partial charge in [0.15, 0.2) is 5.78 Å². The molecule has 0 N–H and O–H groups in total. The molecule has 0 aliphatic carbocycles. The lowest BCUT2D eigenvalue weighted by Crippen LogP contribution is -2.00. The number of benzene rings is 1. The summed E-state index contributed by atoms with van der Waals surface area (Å²) < 4.78 is 5.23. The highest BCUT2D eigenvalue weighted by molar-refractivity contribution is 5.96. The van der Waals surface area contributed by atoms with Gasteiger partial charge in [-0.1, -0.05) is 13.0 Å². The Morgan fingerprint density at radius 1 is 1.43 bits per heavy atom. The van der Waals surface area contributed by atoms with E-state index in [4.69, 9.17) is 4.74 Å². The van der Waals surface area contributed by atoms with Crippen molar-refractivity contribution in [1.29, 1.82) is 0 Å². The highest BCUT2D eigenvalue weighted by atomic mass is 16.5. The Balaban J connectivity index is 3.30. The zero-order valence-corrected chi connectivity index (χ0v) is 9.18. The number of aryl methyl sites for hydroxylation is 2. The molecule has 0 unspecified atom stereocenters. The lowest BCUT2D eigenvalue weighted by atomic mass is 10.0. The maximum absolute atomic E-state index is 11.3. The van der Waals surface area contributed by atoms with E-state index in [1.54, 1.807) is 14.0 Å². The standard InChI is InChI=1S/C12H16O2/c1-5-10-6-8(2)11(9(3)13)7-12(10)14-4/h6-7H,5H2,1-4H3. The van der Waals surface area contributed by atoms with Crippen LogP contribution in [0.4, 0.5) is 0 Å². The molecule has 2 nitrogen and oxygen atoms in total. The Labute approximate surface area is 84.9 Å². The van der Waals surface area contributed by atoms with Gasteiger partial charge in [0.2, 0.25) is 0 Å². The van der Waals surface area contributed by atoms with Gasteiger partial charge >= 0.3 is 0 Å². The van der Waals surface area contributed by atoms with Crippen LogP contribution >= 0.6 is 0 Å². The molecule has 1 aromatic rings. The first-order chi connectivity index (χ1) is 6.60. The van der Waals surface area contributed by atoms with Crippen LogP contribution in [0.25, 0.3) is 0 Å². The van der Waals surface area contributed by atoms with Gasteiger partial charge in [-0.15, -0.1) is 0 Å². The zero-order valence-electron chi connectivity index (χ0n) is 9.18. The highest BCUT2D eigenvalue weighted by Gasteiger charge is 2.09. The third-order valence-electron chi connectivity index (χ3n) is 2.39. The number of ether oxygens (including phenoxy) is 1. The SMILES string of the molecule is CCc1cc(C)c(C(C)=O)cc1OC. The van der Waals surface area contributed by atoms with Crippen LogP contribution in [0.1, 0.15) is 35.3 Å². The lowest BCUT2D eigenvalue weighted by molar-refractivity contribution is 0.101. The van der Waals surface area contributed by atoms with Crippen LogP contribution in [0.3, 0.4) is 0 Å². The number of hydrogen-bond acceptors (Lipinski definition) is 2. The van der Waals surface area contributed by atoms with Crippen LogP contribution in [0, 0.1) is 6.92 Å². The van der Waals surface area contributed by atoms with Crippen molar-refractivity contribution in [2.75, 3.05) is 7.11 Å². The summed E-state index contributed by atoms with van der Waals surface area (Å²) >= 11 is 0. The van der Waals surface area contributed by atoms with E-state index in [1.165, 1.54) is 0 Å². The van der Waals surface area contributed by atoms with Crippen molar-refractivity contribution in [3.05, 3.63) is 28.8 Å². The molecule has 0 heterocycles. The van der Waals surface area contributed by atoms with Crippen molar-refractivity contribution in [1.82, 2.24) is 0 Å². The van der Waals surface area contributed by atoms with E-state index in [0.717, 1.165) is 28.9 Å². The molecule has 14 heavy (non-hydrogen) atoms. The van der Waals surface area contributed by atoms with Crippen LogP contribution in [0.5, 0.6) is 5.75 Å². The smallest absolute Gasteiger partial charge is 0.160 e. The van der Waals surface area contributed by atoms with Gasteiger partial charge in [-0.05, 0) is 37.5 Å². The van der Waals surface area contributed by atoms with Gasteiger partial charge in [0.05, 0.1) is 7.11 Å². The summed E-state index contributed by atoms with van der Waals surface area (Å²) in [5.41, 5.74) is 2.92. The van der Waals surface area contributed by atoms with E-state index in [-0.39, 0.29) is 5.78 Å². The van der Waals surface area contributed by atoms with Crippen LogP contribution in [0.15, 0.2) is 12.1 Å². The summed E-state index contributed by atoms with van der Waals surface area (Å²) in [6.07, 6.45) is 0.919. The van der Waals surface area contributed by atoms with Crippen molar-refractivity contribution >= 4 is 5.78 Å². The molecule has 0 aliphatic heterocycles. The summed E-state index contributed by atoms with van der Waals surface area (Å²) in [6, 6.07) is 3.85. The number of rotatable bonds is 3. The van der Waals surface area contributed by atoms with Gasteiger partial charge in [0, 0.05) is 5.56 Å². The Morgan fingerprint density at radius 2 is 2.07 bits per heavy atom. The fraction of sp³-hybridized carbons (Fsp3) is 0.417. The first-order valence-electron chi connectivity index (χ1n) is 4.78. The van der Waals surface area contributed by atoms with Gasteiger partial charge in [-0.2, -0.15) is 0 Å². The van der Waals surface area contributed by atoms with Gasteiger partial charge in [0.25, 0.3) is 0 Å². The summed E-state index contributed by atoms with van der Waals surface area (Å²) in [5.74, 6) is 0.895. The molecule has 0 saturated heterocycles. The first kappa shape index (κ1) is 10.8. The number of methoxy groups -OCH3 is 1. The van der Waals surface area contributed by atoms with E-state index in [9.17, 15) is 4.79 Å². The number of carbonyl (C=O) groups excluding carboxylic acids is 1. The second kappa shape index (κ2) is 4.27. The average Bonchev–Trinajstić information content (AvgIpc) is 2.16. The first-order valence-corrected chi connectivity index (χ1v) is 4.78. The monoisotopic (exact) mass is 192 g/mol. The van der Waals surface area contributed by atoms with Gasteiger partial charge in [-0.25, -0.2) is 0 Å². The molecule has 1 aromatic carbocycles. The summed E-state index contributed by atoms with van der Waals surface area (Å²) in [4.78, 5) is 11.3. The van der Waals surface area contributed by atoms with Gasteiger partial charge < -0.3 is 4.74 Å². The van der Waals surface area contributed by atoms with Crippen molar-refractivity contribution in [2.24, 2.45) is 0 Å². The molecule has 0 atom stereocenters. The van der Waals surface area contributed by atoms with Crippen molar-refractivity contribution in [2.45, 2.75) is 27.2 Å². The molecule has 0 aliphatic rings. The maximum Gasteiger partial charge on any atom is 0.160 e. The molecule has 2 heteroatoms. The van der Waals surface area contributed by atoms with Crippen molar-refractivity contribution in [3.63, 3.8) is 0 Å². The molecular formula is C12H16O2. The fourth-order valence-corrected chi connectivity index (χ4v) is 1.59. The molecule has 0 bridgehead atoms. The summed E-state index contributed by atoms with van der Waals surface area (Å²) in [5, 5.41) is 0. The highest BCUT2D eigenvalue weighted by Crippen LogP contribution is 2.24. The predicted molar refractivity (Wildman–Crippen MR) is 57.1 cm³/mol. The van der Waals surface area contributed by atoms with E-state index < -0.39 is 0 Å². The summed E-state index contributed by atoms with van der Waals surface area (Å²) in [7, 11) is 1.63. The van der Waals surface area contributed by atoms with E-state index >= 15 is 0 Å². The largest absolute Gasteiger partial charge is 0.496 e. The van der Waals surface area contributed by atoms with E-state index in [2.05, 4.69) is 6.92 Å². The number of Topliss-reactive ketones (excluding diaryl/α,β-unsaturated/α-hetero) is 1. The molecule has 76 valence electrons. The minimum absolute atomic E-state index is 0.0865. The number of carbonyl (C=O) groups is 1. The minimum atomic E-state index is 0.0865. The molecule has 0 fully saturated rings. The molecule has 0 radical (unpaired) electrons. The molecule has 0 saturated carbocycles. The minimum Gasteiger partial charge on any atom is -0.496 e. The molecule has 0 aromatic heterocycles. The molecular weight excluding hydrogens is 176 g/mol. The van der Waals surface area contributed by atoms with Crippen LogP contribution in [-0.4, -0.2) is 12.9 Å². The van der Waals surface area contributed by atoms with E-state index in [0.29, 0.717) is 0 Å². The number of ketones is 1. The van der Waals surface area contributed by atoms with Crippen LogP contribution < -0.4 is 4.74 Å². The normalized spacial score (nSPS) is 10.0. The van der Waals surface area contributed by atoms with Gasteiger partial charge in [-0.3, -0.25) is 4.79 Å².